The van der Waals surface area contributed by atoms with Crippen LogP contribution in [-0.4, -0.2) is 24.9 Å². The molecule has 0 aliphatic carbocycles. The van der Waals surface area contributed by atoms with E-state index >= 15 is 0 Å². The van der Waals surface area contributed by atoms with Crippen LogP contribution in [0.4, 0.5) is 13.2 Å². The normalized spacial score (nSPS) is 18.2. The molecule has 0 amide bonds. The molecule has 172 valence electrons. The number of azo groups is 1. The van der Waals surface area contributed by atoms with Crippen molar-refractivity contribution in [2.45, 2.75) is 22.6 Å². The molecular formula is C21H19F3N6O2S. The van der Waals surface area contributed by atoms with Crippen molar-refractivity contribution in [1.82, 2.24) is 18.7 Å². The lowest BCUT2D eigenvalue weighted by atomic mass is 9.88. The first-order valence-corrected chi connectivity index (χ1v) is 10.7. The van der Waals surface area contributed by atoms with Crippen LogP contribution < -0.4 is 11.2 Å². The van der Waals surface area contributed by atoms with Gasteiger partial charge in [0.1, 0.15) is 0 Å². The predicted octanol–water partition coefficient (Wildman–Crippen LogP) is 3.56. The largest absolute Gasteiger partial charge is 0.423 e. The Hall–Kier alpha value is -3.41. The van der Waals surface area contributed by atoms with E-state index in [9.17, 15) is 22.8 Å². The van der Waals surface area contributed by atoms with E-state index in [4.69, 9.17) is 0 Å². The summed E-state index contributed by atoms with van der Waals surface area (Å²) in [4.78, 5) is 29.1. The number of aryl methyl sites for hydroxylation is 2. The maximum absolute atomic E-state index is 14.0. The first kappa shape index (κ1) is 22.8. The van der Waals surface area contributed by atoms with Crippen LogP contribution >= 0.6 is 11.8 Å². The average molecular weight is 476 g/mol. The number of alkyl halides is 3. The molecule has 0 saturated carbocycles. The molecule has 1 aliphatic rings. The van der Waals surface area contributed by atoms with Gasteiger partial charge in [0.05, 0.1) is 0 Å². The highest BCUT2D eigenvalue weighted by atomic mass is 32.2. The predicted molar refractivity (Wildman–Crippen MR) is 118 cm³/mol. The van der Waals surface area contributed by atoms with Crippen LogP contribution in [0.25, 0.3) is 11.2 Å². The topological polar surface area (TPSA) is 86.5 Å². The highest BCUT2D eigenvalue weighted by Gasteiger charge is 2.55. The van der Waals surface area contributed by atoms with Gasteiger partial charge in [0, 0.05) is 33.1 Å². The molecule has 0 saturated heterocycles. The van der Waals surface area contributed by atoms with Crippen molar-refractivity contribution in [2.75, 3.05) is 0 Å². The molecule has 1 aromatic carbocycles. The lowest BCUT2D eigenvalue weighted by molar-refractivity contribution is -0.175. The molecule has 2 aromatic heterocycles. The molecule has 0 spiro atoms. The molecule has 12 heteroatoms. The molecule has 0 bridgehead atoms. The second kappa shape index (κ2) is 8.18. The molecule has 0 radical (unpaired) electrons. The van der Waals surface area contributed by atoms with E-state index in [1.54, 1.807) is 17.7 Å². The van der Waals surface area contributed by atoms with E-state index in [1.807, 2.05) is 0 Å². The first-order valence-electron chi connectivity index (χ1n) is 9.74. The molecule has 0 fully saturated rings. The van der Waals surface area contributed by atoms with Crippen LogP contribution in [0.2, 0.25) is 0 Å². The number of fused-ring (bicyclic) bond motifs is 1. The second-order valence-corrected chi connectivity index (χ2v) is 8.44. The van der Waals surface area contributed by atoms with Gasteiger partial charge < -0.3 is 4.57 Å². The number of halogens is 3. The van der Waals surface area contributed by atoms with Crippen molar-refractivity contribution in [2.24, 2.45) is 31.4 Å². The summed E-state index contributed by atoms with van der Waals surface area (Å²) in [5.74, 6) is 0.284. The monoisotopic (exact) mass is 476 g/mol. The van der Waals surface area contributed by atoms with Crippen molar-refractivity contribution < 1.29 is 13.2 Å². The third-order valence-corrected chi connectivity index (χ3v) is 6.52. The Kier molecular flexibility index (Phi) is 5.64. The zero-order valence-corrected chi connectivity index (χ0v) is 18.7. The fraction of sp³-hybridized carbons (Fsp3) is 0.286. The molecule has 3 heterocycles. The van der Waals surface area contributed by atoms with Gasteiger partial charge in [-0.25, -0.2) is 9.78 Å². The number of rotatable bonds is 4. The molecular weight excluding hydrogens is 457 g/mol. The smallest absolute Gasteiger partial charge is 0.316 e. The maximum Gasteiger partial charge on any atom is 0.423 e. The van der Waals surface area contributed by atoms with Gasteiger partial charge in [-0.3, -0.25) is 13.9 Å². The standard InChI is InChI=1S/C21H19F3N6O2S/c1-28-15-16(29(2)19(32)30(3)17(15)31)26-18(28)33-12-13-7-6-8-14(11-13)20(21(22,23)24)9-4-5-10-25-27-20/h4-11H,12H2,1-3H3. The first-order chi connectivity index (χ1) is 15.6. The summed E-state index contributed by atoms with van der Waals surface area (Å²) in [5, 5.41) is 7.57. The van der Waals surface area contributed by atoms with Crippen LogP contribution in [0, 0.1) is 0 Å². The third kappa shape index (κ3) is 3.73. The van der Waals surface area contributed by atoms with Crippen LogP contribution in [0.3, 0.4) is 0 Å². The van der Waals surface area contributed by atoms with Crippen molar-refractivity contribution >= 4 is 22.9 Å². The van der Waals surface area contributed by atoms with Gasteiger partial charge in [0.15, 0.2) is 16.3 Å². The van der Waals surface area contributed by atoms with E-state index < -0.39 is 23.0 Å². The number of nitrogens with zero attached hydrogens (tertiary/aromatic N) is 6. The zero-order valence-electron chi connectivity index (χ0n) is 17.9. The number of aromatic nitrogens is 4. The Morgan fingerprint density at radius 3 is 2.55 bits per heavy atom. The maximum atomic E-state index is 14.0. The van der Waals surface area contributed by atoms with E-state index in [-0.39, 0.29) is 22.5 Å². The second-order valence-electron chi connectivity index (χ2n) is 7.50. The van der Waals surface area contributed by atoms with Crippen molar-refractivity contribution in [1.29, 1.82) is 0 Å². The van der Waals surface area contributed by atoms with E-state index in [1.165, 1.54) is 67.0 Å². The molecule has 1 aliphatic heterocycles. The fourth-order valence-electron chi connectivity index (χ4n) is 3.58. The van der Waals surface area contributed by atoms with Gasteiger partial charge >= 0.3 is 11.9 Å². The number of imidazole rings is 1. The summed E-state index contributed by atoms with van der Waals surface area (Å²) in [7, 11) is 4.57. The van der Waals surface area contributed by atoms with Gasteiger partial charge in [0.25, 0.3) is 5.56 Å². The van der Waals surface area contributed by atoms with Crippen molar-refractivity contribution in [3.8, 4) is 0 Å². The molecule has 3 aromatic rings. The minimum absolute atomic E-state index is 0.0573. The Morgan fingerprint density at radius 1 is 1.06 bits per heavy atom. The van der Waals surface area contributed by atoms with Crippen molar-refractivity contribution in [3.05, 3.63) is 80.7 Å². The quantitative estimate of drug-likeness (QED) is 0.539. The molecule has 0 N–H and O–H groups in total. The van der Waals surface area contributed by atoms with E-state index in [2.05, 4.69) is 15.2 Å². The van der Waals surface area contributed by atoms with Crippen LogP contribution in [0.5, 0.6) is 0 Å². The van der Waals surface area contributed by atoms with E-state index in [0.29, 0.717) is 10.7 Å². The summed E-state index contributed by atoms with van der Waals surface area (Å²) in [6.45, 7) is 0. The number of hydrogen-bond donors (Lipinski definition) is 0. The van der Waals surface area contributed by atoms with Crippen molar-refractivity contribution in [3.63, 3.8) is 0 Å². The number of benzene rings is 1. The number of hydrogen-bond acceptors (Lipinski definition) is 6. The lowest BCUT2D eigenvalue weighted by Crippen LogP contribution is -2.38. The summed E-state index contributed by atoms with van der Waals surface area (Å²) < 4.78 is 46.0. The van der Waals surface area contributed by atoms with Crippen LogP contribution in [0.15, 0.2) is 73.7 Å². The van der Waals surface area contributed by atoms with Gasteiger partial charge in [-0.15, -0.1) is 0 Å². The molecule has 8 nitrogen and oxygen atoms in total. The molecule has 33 heavy (non-hydrogen) atoms. The summed E-state index contributed by atoms with van der Waals surface area (Å²) in [6, 6.07) is 6.04. The molecule has 1 unspecified atom stereocenters. The van der Waals surface area contributed by atoms with Crippen LogP contribution in [0.1, 0.15) is 11.1 Å². The van der Waals surface area contributed by atoms with E-state index in [0.717, 1.165) is 10.6 Å². The fourth-order valence-corrected chi connectivity index (χ4v) is 4.49. The van der Waals surface area contributed by atoms with Gasteiger partial charge in [-0.1, -0.05) is 42.1 Å². The van der Waals surface area contributed by atoms with Gasteiger partial charge in [-0.05, 0) is 23.3 Å². The SMILES string of the molecule is Cn1c(=O)c2c(nc(SCc3cccc(C4(C(F)(F)F)C=CC=CN=N4)c3)n2C)n(C)c1=O. The molecule has 1 atom stereocenters. The highest BCUT2D eigenvalue weighted by molar-refractivity contribution is 7.98. The minimum atomic E-state index is -4.69. The summed E-state index contributed by atoms with van der Waals surface area (Å²) in [6.07, 6.45) is 0.160. The average Bonchev–Trinajstić information content (AvgIpc) is 2.94. The van der Waals surface area contributed by atoms with Gasteiger partial charge in [0.2, 0.25) is 5.54 Å². The number of allylic oxidation sites excluding steroid dienone is 2. The highest BCUT2D eigenvalue weighted by Crippen LogP contribution is 2.45. The van der Waals surface area contributed by atoms with Crippen LogP contribution in [-0.2, 0) is 32.4 Å². The Bertz CT molecular complexity index is 1430. The summed E-state index contributed by atoms with van der Waals surface area (Å²) in [5.41, 5.74) is -2.48. The number of thioether (sulfide) groups is 1. The molecule has 4 rings (SSSR count). The van der Waals surface area contributed by atoms with Gasteiger partial charge in [-0.2, -0.15) is 23.4 Å². The summed E-state index contributed by atoms with van der Waals surface area (Å²) >= 11 is 1.24. The Morgan fingerprint density at radius 2 is 1.82 bits per heavy atom. The lowest BCUT2D eigenvalue weighted by Gasteiger charge is -2.28. The Labute approximate surface area is 189 Å². The minimum Gasteiger partial charge on any atom is -0.316 e. The zero-order chi connectivity index (χ0) is 24.0. The third-order valence-electron chi connectivity index (χ3n) is 5.42. The Balaban J connectivity index is 1.70.